The first kappa shape index (κ1) is 32.5. The summed E-state index contributed by atoms with van der Waals surface area (Å²) in [4.78, 5) is 11.2. The van der Waals surface area contributed by atoms with Gasteiger partial charge in [-0.1, -0.05) is 68.1 Å². The normalized spacial score (nSPS) is 15.5. The molecule has 0 aliphatic carbocycles. The summed E-state index contributed by atoms with van der Waals surface area (Å²) in [6, 6.07) is 21.9. The Bertz CT molecular complexity index is 1560. The number of aliphatic imine (C=N–C) groups is 1. The number of aryl methyl sites for hydroxylation is 1. The van der Waals surface area contributed by atoms with Gasteiger partial charge >= 0.3 is 6.36 Å². The number of benzene rings is 3. The standard InChI is InChI=1S/C33H37F3N6O2S/c1-23(2)28-9-3-4-10-29(28)41-20-7-21-45-32(41)39-31(43)37-19-6-5-8-24-11-13-25(14-12-24)30-38-22-42(40-30)26-15-17-27(18-16-26)44-33(34,35)36/h3-4,9-18,22-23,31,37,43H,5-8,19-21H2,1-2H3/b39-32-. The first-order valence-corrected chi connectivity index (χ1v) is 16.0. The lowest BCUT2D eigenvalue weighted by atomic mass is 10.0. The lowest BCUT2D eigenvalue weighted by Crippen LogP contribution is -2.38. The monoisotopic (exact) mass is 638 g/mol. The Labute approximate surface area is 265 Å². The van der Waals surface area contributed by atoms with Crippen molar-refractivity contribution in [3.05, 3.63) is 90.3 Å². The van der Waals surface area contributed by atoms with Crippen molar-refractivity contribution in [2.75, 3.05) is 23.7 Å². The number of para-hydroxylation sites is 1. The van der Waals surface area contributed by atoms with Crippen molar-refractivity contribution in [1.82, 2.24) is 20.1 Å². The number of aliphatic hydroxyl groups is 1. The fourth-order valence-electron chi connectivity index (χ4n) is 5.09. The number of aliphatic hydroxyl groups excluding tert-OH is 1. The number of rotatable bonds is 12. The molecule has 2 N–H and O–H groups in total. The molecule has 1 aromatic heterocycles. The highest BCUT2D eigenvalue weighted by Gasteiger charge is 2.31. The van der Waals surface area contributed by atoms with Crippen molar-refractivity contribution in [1.29, 1.82) is 0 Å². The topological polar surface area (TPSA) is 87.8 Å². The SMILES string of the molecule is CC(C)c1ccccc1N1CCCS/C1=N\C(O)NCCCCc1ccc(-c2ncn(-c3ccc(OC(F)(F)F)cc3)n2)cc1. The van der Waals surface area contributed by atoms with E-state index in [1.54, 1.807) is 11.8 Å². The number of thioether (sulfide) groups is 1. The molecule has 0 saturated carbocycles. The van der Waals surface area contributed by atoms with E-state index in [2.05, 4.69) is 68.1 Å². The number of ether oxygens (including phenoxy) is 1. The number of hydrogen-bond donors (Lipinski definition) is 2. The van der Waals surface area contributed by atoms with E-state index < -0.39 is 12.7 Å². The molecule has 0 bridgehead atoms. The molecular weight excluding hydrogens is 601 g/mol. The van der Waals surface area contributed by atoms with Gasteiger partial charge in [0.1, 0.15) is 12.1 Å². The fraction of sp³-hybridized carbons (Fsp3) is 0.364. The number of aromatic nitrogens is 3. The molecule has 1 unspecified atom stereocenters. The van der Waals surface area contributed by atoms with Gasteiger partial charge in [0.25, 0.3) is 0 Å². The Hall–Kier alpha value is -3.87. The summed E-state index contributed by atoms with van der Waals surface area (Å²) in [6.45, 7) is 5.92. The molecule has 1 atom stereocenters. The molecule has 0 spiro atoms. The van der Waals surface area contributed by atoms with Gasteiger partial charge < -0.3 is 14.7 Å². The number of hydrogen-bond acceptors (Lipinski definition) is 7. The maximum absolute atomic E-state index is 12.4. The Balaban J connectivity index is 1.08. The number of alkyl halides is 3. The molecule has 12 heteroatoms. The second kappa shape index (κ2) is 14.9. The van der Waals surface area contributed by atoms with Crippen LogP contribution < -0.4 is 15.0 Å². The van der Waals surface area contributed by atoms with Crippen LogP contribution in [0.15, 0.2) is 84.1 Å². The highest BCUT2D eigenvalue weighted by atomic mass is 32.2. The number of nitrogens with one attached hydrogen (secondary N) is 1. The molecule has 2 heterocycles. The van der Waals surface area contributed by atoms with Gasteiger partial charge in [0.15, 0.2) is 11.0 Å². The van der Waals surface area contributed by atoms with Gasteiger partial charge in [-0.3, -0.25) is 5.32 Å². The lowest BCUT2D eigenvalue weighted by Gasteiger charge is -2.32. The van der Waals surface area contributed by atoms with E-state index >= 15 is 0 Å². The highest BCUT2D eigenvalue weighted by molar-refractivity contribution is 8.14. The molecule has 1 fully saturated rings. The quantitative estimate of drug-likeness (QED) is 0.126. The number of nitrogens with zero attached hydrogens (tertiary/aromatic N) is 5. The van der Waals surface area contributed by atoms with Crippen LogP contribution in [0.2, 0.25) is 0 Å². The summed E-state index contributed by atoms with van der Waals surface area (Å²) in [5.41, 5.74) is 5.02. The van der Waals surface area contributed by atoms with E-state index in [-0.39, 0.29) is 5.75 Å². The third kappa shape index (κ3) is 9.09. The number of unbranched alkanes of at least 4 members (excludes halogenated alkanes) is 1. The Morgan fingerprint density at radius 3 is 2.51 bits per heavy atom. The van der Waals surface area contributed by atoms with Crippen molar-refractivity contribution in [2.45, 2.75) is 58.2 Å². The largest absolute Gasteiger partial charge is 0.573 e. The molecule has 1 aliphatic rings. The van der Waals surface area contributed by atoms with Crippen LogP contribution in [0.4, 0.5) is 18.9 Å². The molecule has 5 rings (SSSR count). The molecule has 0 amide bonds. The van der Waals surface area contributed by atoms with Crippen LogP contribution in [0, 0.1) is 0 Å². The molecule has 3 aromatic carbocycles. The Morgan fingerprint density at radius 2 is 1.78 bits per heavy atom. The zero-order valence-electron chi connectivity index (χ0n) is 25.2. The van der Waals surface area contributed by atoms with Crippen molar-refractivity contribution in [3.8, 4) is 22.8 Å². The maximum Gasteiger partial charge on any atom is 0.573 e. The van der Waals surface area contributed by atoms with Crippen molar-refractivity contribution in [2.24, 2.45) is 4.99 Å². The second-order valence-electron chi connectivity index (χ2n) is 11.0. The van der Waals surface area contributed by atoms with Gasteiger partial charge in [-0.2, -0.15) is 0 Å². The minimum absolute atomic E-state index is 0.294. The van der Waals surface area contributed by atoms with E-state index in [9.17, 15) is 18.3 Å². The summed E-state index contributed by atoms with van der Waals surface area (Å²) >= 11 is 1.68. The van der Waals surface area contributed by atoms with Gasteiger partial charge in [-0.25, -0.2) is 14.7 Å². The zero-order chi connectivity index (χ0) is 31.8. The summed E-state index contributed by atoms with van der Waals surface area (Å²) in [5.74, 6) is 1.60. The first-order chi connectivity index (χ1) is 21.7. The molecule has 1 aliphatic heterocycles. The zero-order valence-corrected chi connectivity index (χ0v) is 26.1. The van der Waals surface area contributed by atoms with Gasteiger partial charge in [-0.05, 0) is 79.6 Å². The van der Waals surface area contributed by atoms with Gasteiger partial charge in [-0.15, -0.1) is 18.3 Å². The fourth-order valence-corrected chi connectivity index (χ4v) is 6.06. The highest BCUT2D eigenvalue weighted by Crippen LogP contribution is 2.32. The Morgan fingerprint density at radius 1 is 1.02 bits per heavy atom. The van der Waals surface area contributed by atoms with E-state index in [0.29, 0.717) is 24.0 Å². The van der Waals surface area contributed by atoms with Gasteiger partial charge in [0.05, 0.1) is 5.69 Å². The van der Waals surface area contributed by atoms with Crippen LogP contribution in [0.25, 0.3) is 17.1 Å². The van der Waals surface area contributed by atoms with Crippen LogP contribution in [-0.4, -0.2) is 56.6 Å². The Kier molecular flexibility index (Phi) is 10.8. The minimum Gasteiger partial charge on any atom is -0.406 e. The predicted octanol–water partition coefficient (Wildman–Crippen LogP) is 7.14. The predicted molar refractivity (Wildman–Crippen MR) is 173 cm³/mol. The molecular formula is C33H37F3N6O2S. The van der Waals surface area contributed by atoms with Crippen LogP contribution in [0.3, 0.4) is 0 Å². The number of amidine groups is 1. The summed E-state index contributed by atoms with van der Waals surface area (Å²) in [6.07, 6.45) is -0.394. The molecule has 0 radical (unpaired) electrons. The lowest BCUT2D eigenvalue weighted by molar-refractivity contribution is -0.274. The molecule has 45 heavy (non-hydrogen) atoms. The first-order valence-electron chi connectivity index (χ1n) is 15.0. The van der Waals surface area contributed by atoms with Crippen molar-refractivity contribution in [3.63, 3.8) is 0 Å². The average Bonchev–Trinajstić information content (AvgIpc) is 3.51. The van der Waals surface area contributed by atoms with Crippen molar-refractivity contribution < 1.29 is 23.0 Å². The summed E-state index contributed by atoms with van der Waals surface area (Å²) < 4.78 is 42.6. The summed E-state index contributed by atoms with van der Waals surface area (Å²) in [5, 5.41) is 19.1. The average molecular weight is 639 g/mol. The second-order valence-corrected chi connectivity index (χ2v) is 12.1. The van der Waals surface area contributed by atoms with E-state index in [4.69, 9.17) is 0 Å². The molecule has 1 saturated heterocycles. The maximum atomic E-state index is 12.4. The number of anilines is 1. The molecule has 4 aromatic rings. The van der Waals surface area contributed by atoms with Crippen LogP contribution in [0.5, 0.6) is 5.75 Å². The molecule has 238 valence electrons. The van der Waals surface area contributed by atoms with E-state index in [1.807, 2.05) is 24.3 Å². The summed E-state index contributed by atoms with van der Waals surface area (Å²) in [7, 11) is 0. The van der Waals surface area contributed by atoms with Crippen LogP contribution >= 0.6 is 11.8 Å². The molecule has 8 nitrogen and oxygen atoms in total. The van der Waals surface area contributed by atoms with Gasteiger partial charge in [0.2, 0.25) is 6.35 Å². The third-order valence-corrected chi connectivity index (χ3v) is 8.41. The van der Waals surface area contributed by atoms with E-state index in [1.165, 1.54) is 46.4 Å². The van der Waals surface area contributed by atoms with E-state index in [0.717, 1.165) is 54.4 Å². The van der Waals surface area contributed by atoms with Gasteiger partial charge in [0, 0.05) is 23.5 Å². The third-order valence-electron chi connectivity index (χ3n) is 7.33. The number of halogens is 3. The smallest absolute Gasteiger partial charge is 0.406 e. The minimum atomic E-state index is -4.74. The van der Waals surface area contributed by atoms with Crippen molar-refractivity contribution >= 4 is 22.6 Å². The van der Waals surface area contributed by atoms with Crippen LogP contribution in [0.1, 0.15) is 50.2 Å². The van der Waals surface area contributed by atoms with Crippen LogP contribution in [-0.2, 0) is 6.42 Å².